The van der Waals surface area contributed by atoms with Crippen LogP contribution in [0.4, 0.5) is 0 Å². The number of amides is 1. The lowest BCUT2D eigenvalue weighted by Crippen LogP contribution is -2.52. The summed E-state index contributed by atoms with van der Waals surface area (Å²) in [4.78, 5) is 23.1. The van der Waals surface area contributed by atoms with Crippen LogP contribution >= 0.6 is 0 Å². The Balaban J connectivity index is 2.29. The van der Waals surface area contributed by atoms with E-state index in [4.69, 9.17) is 4.74 Å². The molecule has 2 N–H and O–H groups in total. The molecule has 5 heteroatoms. The van der Waals surface area contributed by atoms with Crippen LogP contribution in [0.5, 0.6) is 0 Å². The number of carbonyl (C=O) groups excluding carboxylic acids is 2. The second-order valence-electron chi connectivity index (χ2n) is 3.88. The Morgan fingerprint density at radius 1 is 1.57 bits per heavy atom. The van der Waals surface area contributed by atoms with Gasteiger partial charge in [-0.1, -0.05) is 0 Å². The molecule has 0 radical (unpaired) electrons. The number of rotatable bonds is 1. The van der Waals surface area contributed by atoms with Gasteiger partial charge in [-0.3, -0.25) is 9.59 Å². The van der Waals surface area contributed by atoms with Crippen LogP contribution in [0, 0.1) is 11.3 Å². The molecule has 2 fully saturated rings. The van der Waals surface area contributed by atoms with Gasteiger partial charge in [0.1, 0.15) is 5.41 Å². The van der Waals surface area contributed by atoms with Crippen LogP contribution < -0.4 is 10.6 Å². The Kier molecular flexibility index (Phi) is 2.19. The van der Waals surface area contributed by atoms with Crippen molar-refractivity contribution in [3.8, 4) is 0 Å². The van der Waals surface area contributed by atoms with Crippen molar-refractivity contribution < 1.29 is 14.3 Å². The Labute approximate surface area is 82.2 Å². The topological polar surface area (TPSA) is 67.4 Å². The molecule has 0 aromatic rings. The van der Waals surface area contributed by atoms with Crippen LogP contribution in [0.25, 0.3) is 0 Å². The molecule has 0 saturated carbocycles. The summed E-state index contributed by atoms with van der Waals surface area (Å²) in [5.74, 6) is -0.513. The highest BCUT2D eigenvalue weighted by Gasteiger charge is 2.55. The molecule has 0 aromatic heterocycles. The van der Waals surface area contributed by atoms with E-state index < -0.39 is 5.41 Å². The molecule has 5 nitrogen and oxygen atoms in total. The molecular weight excluding hydrogens is 184 g/mol. The van der Waals surface area contributed by atoms with Gasteiger partial charge in [-0.15, -0.1) is 0 Å². The first-order valence-corrected chi connectivity index (χ1v) is 4.77. The number of hydrogen-bond donors (Lipinski definition) is 2. The van der Waals surface area contributed by atoms with E-state index in [-0.39, 0.29) is 17.8 Å². The van der Waals surface area contributed by atoms with Crippen molar-refractivity contribution in [2.75, 3.05) is 26.7 Å². The molecule has 2 aliphatic heterocycles. The van der Waals surface area contributed by atoms with Gasteiger partial charge in [-0.05, 0) is 13.0 Å². The van der Waals surface area contributed by atoms with Crippen molar-refractivity contribution in [1.82, 2.24) is 10.6 Å². The van der Waals surface area contributed by atoms with E-state index in [0.29, 0.717) is 19.5 Å². The third-order valence-corrected chi connectivity index (χ3v) is 3.20. The van der Waals surface area contributed by atoms with Gasteiger partial charge in [-0.2, -0.15) is 0 Å². The molecule has 2 saturated heterocycles. The van der Waals surface area contributed by atoms with Gasteiger partial charge in [0.2, 0.25) is 5.91 Å². The van der Waals surface area contributed by atoms with Gasteiger partial charge >= 0.3 is 5.97 Å². The summed E-state index contributed by atoms with van der Waals surface area (Å²) < 4.78 is 4.77. The average molecular weight is 198 g/mol. The van der Waals surface area contributed by atoms with E-state index in [1.165, 1.54) is 7.11 Å². The molecular formula is C9H14N2O3. The maximum Gasteiger partial charge on any atom is 0.315 e. The van der Waals surface area contributed by atoms with Crippen LogP contribution in [-0.4, -0.2) is 38.6 Å². The summed E-state index contributed by atoms with van der Waals surface area (Å²) in [6, 6.07) is 0. The summed E-state index contributed by atoms with van der Waals surface area (Å²) in [6.07, 6.45) is 0.709. The quantitative estimate of drug-likeness (QED) is 0.524. The summed E-state index contributed by atoms with van der Waals surface area (Å²) >= 11 is 0. The minimum atomic E-state index is -0.663. The van der Waals surface area contributed by atoms with E-state index >= 15 is 0 Å². The van der Waals surface area contributed by atoms with Crippen molar-refractivity contribution >= 4 is 11.9 Å². The lowest BCUT2D eigenvalue weighted by Gasteiger charge is -2.34. The molecule has 2 rings (SSSR count). The zero-order valence-corrected chi connectivity index (χ0v) is 8.13. The largest absolute Gasteiger partial charge is 0.468 e. The first-order valence-electron chi connectivity index (χ1n) is 4.77. The zero-order valence-electron chi connectivity index (χ0n) is 8.13. The van der Waals surface area contributed by atoms with E-state index in [1.54, 1.807) is 0 Å². The van der Waals surface area contributed by atoms with Crippen molar-refractivity contribution in [3.05, 3.63) is 0 Å². The summed E-state index contributed by atoms with van der Waals surface area (Å²) in [7, 11) is 1.37. The summed E-state index contributed by atoms with van der Waals surface area (Å²) in [5, 5.41) is 5.88. The number of esters is 1. The van der Waals surface area contributed by atoms with Gasteiger partial charge in [0.25, 0.3) is 0 Å². The molecule has 78 valence electrons. The second kappa shape index (κ2) is 3.24. The third kappa shape index (κ3) is 1.12. The molecule has 0 aliphatic carbocycles. The van der Waals surface area contributed by atoms with E-state index in [0.717, 1.165) is 6.54 Å². The lowest BCUT2D eigenvalue weighted by molar-refractivity contribution is -0.156. The molecule has 14 heavy (non-hydrogen) atoms. The van der Waals surface area contributed by atoms with Crippen LogP contribution in [-0.2, 0) is 14.3 Å². The van der Waals surface area contributed by atoms with Crippen molar-refractivity contribution in [3.63, 3.8) is 0 Å². The molecule has 0 spiro atoms. The van der Waals surface area contributed by atoms with Crippen LogP contribution in [0.15, 0.2) is 0 Å². The smallest absolute Gasteiger partial charge is 0.315 e. The van der Waals surface area contributed by atoms with Crippen molar-refractivity contribution in [2.45, 2.75) is 6.42 Å². The standard InChI is InChI=1S/C9H14N2O3/c1-14-8(13)9-4-10-3-2-6(9)7(12)11-5-9/h6,10H,2-5H2,1H3,(H,11,12). The number of hydrogen-bond acceptors (Lipinski definition) is 4. The zero-order chi connectivity index (χ0) is 10.2. The number of ether oxygens (including phenoxy) is 1. The van der Waals surface area contributed by atoms with Gasteiger partial charge < -0.3 is 15.4 Å². The highest BCUT2D eigenvalue weighted by Crippen LogP contribution is 2.37. The number of carbonyl (C=O) groups is 2. The third-order valence-electron chi connectivity index (χ3n) is 3.20. The van der Waals surface area contributed by atoms with Gasteiger partial charge in [-0.25, -0.2) is 0 Å². The van der Waals surface area contributed by atoms with Crippen LogP contribution in [0.2, 0.25) is 0 Å². The first-order chi connectivity index (χ1) is 6.70. The average Bonchev–Trinajstić information content (AvgIpc) is 2.57. The van der Waals surface area contributed by atoms with Gasteiger partial charge in [0, 0.05) is 13.1 Å². The maximum atomic E-state index is 11.7. The maximum absolute atomic E-state index is 11.7. The first kappa shape index (κ1) is 9.45. The van der Waals surface area contributed by atoms with Crippen molar-refractivity contribution in [1.29, 1.82) is 0 Å². The lowest BCUT2D eigenvalue weighted by atomic mass is 9.74. The molecule has 0 aromatic carbocycles. The fourth-order valence-corrected chi connectivity index (χ4v) is 2.38. The summed E-state index contributed by atoms with van der Waals surface area (Å²) in [6.45, 7) is 1.72. The molecule has 2 aliphatic rings. The monoisotopic (exact) mass is 198 g/mol. The van der Waals surface area contributed by atoms with Gasteiger partial charge in [0.15, 0.2) is 0 Å². The number of fused-ring (bicyclic) bond motifs is 1. The second-order valence-corrected chi connectivity index (χ2v) is 3.88. The number of methoxy groups -OCH3 is 1. The summed E-state index contributed by atoms with van der Waals surface area (Å²) in [5.41, 5.74) is -0.663. The number of piperidine rings is 1. The molecule has 1 amide bonds. The molecule has 2 heterocycles. The van der Waals surface area contributed by atoms with E-state index in [1.807, 2.05) is 0 Å². The Bertz CT molecular complexity index is 279. The fraction of sp³-hybridized carbons (Fsp3) is 0.778. The SMILES string of the molecule is COC(=O)C12CNCCC1C(=O)NC2. The minimum Gasteiger partial charge on any atom is -0.468 e. The van der Waals surface area contributed by atoms with Crippen LogP contribution in [0.3, 0.4) is 0 Å². The molecule has 2 unspecified atom stereocenters. The predicted molar refractivity (Wildman–Crippen MR) is 48.4 cm³/mol. The minimum absolute atomic E-state index is 0.0168. The molecule has 0 bridgehead atoms. The Hall–Kier alpha value is -1.10. The Morgan fingerprint density at radius 3 is 3.07 bits per heavy atom. The van der Waals surface area contributed by atoms with E-state index in [2.05, 4.69) is 10.6 Å². The molecule has 2 atom stereocenters. The highest BCUT2D eigenvalue weighted by atomic mass is 16.5. The normalized spacial score (nSPS) is 36.1. The fourth-order valence-electron chi connectivity index (χ4n) is 2.38. The van der Waals surface area contributed by atoms with Gasteiger partial charge in [0.05, 0.1) is 13.0 Å². The highest BCUT2D eigenvalue weighted by molar-refractivity contribution is 5.92. The predicted octanol–water partition coefficient (Wildman–Crippen LogP) is -1.11. The Morgan fingerprint density at radius 2 is 2.36 bits per heavy atom. The van der Waals surface area contributed by atoms with Crippen molar-refractivity contribution in [2.24, 2.45) is 11.3 Å². The number of nitrogens with one attached hydrogen (secondary N) is 2. The van der Waals surface area contributed by atoms with E-state index in [9.17, 15) is 9.59 Å². The van der Waals surface area contributed by atoms with Crippen LogP contribution in [0.1, 0.15) is 6.42 Å².